The van der Waals surface area contributed by atoms with Crippen molar-refractivity contribution in [3.05, 3.63) is 53.4 Å². The largest absolute Gasteiger partial charge is 0.225 e. The van der Waals surface area contributed by atoms with Gasteiger partial charge in [0.2, 0.25) is 0 Å². The molecule has 1 heterocycles. The summed E-state index contributed by atoms with van der Waals surface area (Å²) in [7, 11) is 0. The Balaban J connectivity index is 2.30. The van der Waals surface area contributed by atoms with Crippen LogP contribution < -0.4 is 0 Å². The van der Waals surface area contributed by atoms with Gasteiger partial charge in [-0.05, 0) is 24.5 Å². The van der Waals surface area contributed by atoms with E-state index in [4.69, 9.17) is 11.6 Å². The number of thioether (sulfide) groups is 1. The van der Waals surface area contributed by atoms with Crippen LogP contribution in [-0.2, 0) is 0 Å². The molecule has 3 rings (SSSR count). The number of fused-ring (bicyclic) bond motifs is 1. The van der Waals surface area contributed by atoms with E-state index in [1.54, 1.807) is 23.9 Å². The molecule has 100 valence electrons. The summed E-state index contributed by atoms with van der Waals surface area (Å²) in [5.74, 6) is 0.0484. The fourth-order valence-electron chi connectivity index (χ4n) is 2.03. The first kappa shape index (κ1) is 13.3. The van der Waals surface area contributed by atoms with Crippen LogP contribution in [0, 0.1) is 5.82 Å². The van der Waals surface area contributed by atoms with Gasteiger partial charge in [0.15, 0.2) is 5.82 Å². The van der Waals surface area contributed by atoms with Crippen LogP contribution in [0.25, 0.3) is 22.3 Å². The Morgan fingerprint density at radius 1 is 1.05 bits per heavy atom. The highest BCUT2D eigenvalue weighted by Crippen LogP contribution is 2.31. The Labute approximate surface area is 125 Å². The van der Waals surface area contributed by atoms with Crippen molar-refractivity contribution in [1.29, 1.82) is 0 Å². The SMILES string of the molecule is CSc1ccccc1-c1nc(Cl)c2cccc(F)c2n1. The zero-order valence-electron chi connectivity index (χ0n) is 10.6. The number of nitrogens with zero attached hydrogens (tertiary/aromatic N) is 2. The van der Waals surface area contributed by atoms with Crippen LogP contribution in [0.15, 0.2) is 47.4 Å². The molecule has 0 atom stereocenters. The molecule has 3 aromatic rings. The Hall–Kier alpha value is -1.65. The second-order valence-electron chi connectivity index (χ2n) is 4.17. The van der Waals surface area contributed by atoms with Gasteiger partial charge >= 0.3 is 0 Å². The van der Waals surface area contributed by atoms with Crippen molar-refractivity contribution >= 4 is 34.3 Å². The van der Waals surface area contributed by atoms with Crippen LogP contribution >= 0.6 is 23.4 Å². The van der Waals surface area contributed by atoms with Gasteiger partial charge in [-0.3, -0.25) is 0 Å². The maximum Gasteiger partial charge on any atom is 0.162 e. The fourth-order valence-corrected chi connectivity index (χ4v) is 2.86. The van der Waals surface area contributed by atoms with Gasteiger partial charge < -0.3 is 0 Å². The monoisotopic (exact) mass is 304 g/mol. The molecular weight excluding hydrogens is 295 g/mol. The fraction of sp³-hybridized carbons (Fsp3) is 0.0667. The third-order valence-corrected chi connectivity index (χ3v) is 4.06. The molecule has 0 bridgehead atoms. The predicted octanol–water partition coefficient (Wildman–Crippen LogP) is 4.81. The zero-order chi connectivity index (χ0) is 14.1. The van der Waals surface area contributed by atoms with Crippen LogP contribution in [0.2, 0.25) is 5.15 Å². The van der Waals surface area contributed by atoms with Crippen molar-refractivity contribution in [2.75, 3.05) is 6.26 Å². The third-order valence-electron chi connectivity index (χ3n) is 2.98. The molecule has 0 radical (unpaired) electrons. The van der Waals surface area contributed by atoms with Crippen molar-refractivity contribution in [3.63, 3.8) is 0 Å². The van der Waals surface area contributed by atoms with Crippen LogP contribution in [0.4, 0.5) is 4.39 Å². The summed E-state index contributed by atoms with van der Waals surface area (Å²) in [5, 5.41) is 0.789. The summed E-state index contributed by atoms with van der Waals surface area (Å²) in [5.41, 5.74) is 1.10. The molecule has 0 aliphatic heterocycles. The summed E-state index contributed by atoms with van der Waals surface area (Å²) >= 11 is 7.74. The molecule has 0 saturated carbocycles. The molecule has 0 aliphatic rings. The van der Waals surface area contributed by atoms with Crippen LogP contribution in [0.5, 0.6) is 0 Å². The van der Waals surface area contributed by atoms with E-state index >= 15 is 0 Å². The highest BCUT2D eigenvalue weighted by molar-refractivity contribution is 7.98. The van der Waals surface area contributed by atoms with Crippen LogP contribution in [-0.4, -0.2) is 16.2 Å². The first-order chi connectivity index (χ1) is 9.70. The van der Waals surface area contributed by atoms with Crippen molar-refractivity contribution in [3.8, 4) is 11.4 Å². The van der Waals surface area contributed by atoms with E-state index in [1.165, 1.54) is 6.07 Å². The lowest BCUT2D eigenvalue weighted by Gasteiger charge is -2.08. The minimum absolute atomic E-state index is 0.249. The Bertz CT molecular complexity index is 792. The Morgan fingerprint density at radius 3 is 2.65 bits per heavy atom. The van der Waals surface area contributed by atoms with Gasteiger partial charge in [-0.2, -0.15) is 0 Å². The summed E-state index contributed by atoms with van der Waals surface area (Å²) < 4.78 is 13.9. The molecule has 2 aromatic carbocycles. The average molecular weight is 305 g/mol. The highest BCUT2D eigenvalue weighted by Gasteiger charge is 2.13. The van der Waals surface area contributed by atoms with Crippen molar-refractivity contribution in [1.82, 2.24) is 9.97 Å². The van der Waals surface area contributed by atoms with Gasteiger partial charge in [-0.25, -0.2) is 14.4 Å². The molecule has 20 heavy (non-hydrogen) atoms. The molecule has 0 N–H and O–H groups in total. The Morgan fingerprint density at radius 2 is 1.85 bits per heavy atom. The zero-order valence-corrected chi connectivity index (χ0v) is 12.2. The van der Waals surface area contributed by atoms with E-state index < -0.39 is 5.82 Å². The highest BCUT2D eigenvalue weighted by atomic mass is 35.5. The molecule has 1 aromatic heterocycles. The van der Waals surface area contributed by atoms with Crippen LogP contribution in [0.1, 0.15) is 0 Å². The van der Waals surface area contributed by atoms with Crippen molar-refractivity contribution in [2.24, 2.45) is 0 Å². The molecule has 0 aliphatic carbocycles. The van der Waals surface area contributed by atoms with E-state index in [9.17, 15) is 4.39 Å². The number of hydrogen-bond acceptors (Lipinski definition) is 3. The van der Waals surface area contributed by atoms with Gasteiger partial charge in [0, 0.05) is 15.8 Å². The van der Waals surface area contributed by atoms with Crippen molar-refractivity contribution in [2.45, 2.75) is 4.90 Å². The normalized spacial score (nSPS) is 10.9. The molecule has 2 nitrogen and oxygen atoms in total. The summed E-state index contributed by atoms with van der Waals surface area (Å²) in [6.07, 6.45) is 1.97. The summed E-state index contributed by atoms with van der Waals surface area (Å²) in [6.45, 7) is 0. The maximum absolute atomic E-state index is 13.9. The van der Waals surface area contributed by atoms with Gasteiger partial charge in [0.25, 0.3) is 0 Å². The topological polar surface area (TPSA) is 25.8 Å². The molecule has 0 unspecified atom stereocenters. The maximum atomic E-state index is 13.9. The predicted molar refractivity (Wildman–Crippen MR) is 81.7 cm³/mol. The van der Waals surface area contributed by atoms with E-state index in [-0.39, 0.29) is 10.7 Å². The molecule has 0 amide bonds. The minimum atomic E-state index is -0.394. The lowest BCUT2D eigenvalue weighted by molar-refractivity contribution is 0.636. The second kappa shape index (κ2) is 5.38. The number of aromatic nitrogens is 2. The van der Waals surface area contributed by atoms with Gasteiger partial charge in [-0.15, -0.1) is 11.8 Å². The standard InChI is InChI=1S/C15H10ClFN2S/c1-20-12-8-3-2-5-9(12)15-18-13-10(14(16)19-15)6-4-7-11(13)17/h2-8H,1H3. The van der Waals surface area contributed by atoms with E-state index in [2.05, 4.69) is 9.97 Å². The summed E-state index contributed by atoms with van der Waals surface area (Å²) in [6, 6.07) is 12.4. The number of benzene rings is 2. The number of halogens is 2. The number of hydrogen-bond donors (Lipinski definition) is 0. The minimum Gasteiger partial charge on any atom is -0.225 e. The van der Waals surface area contributed by atoms with Crippen LogP contribution in [0.3, 0.4) is 0 Å². The van der Waals surface area contributed by atoms with Crippen molar-refractivity contribution < 1.29 is 4.39 Å². The number of para-hydroxylation sites is 1. The van der Waals surface area contributed by atoms with Gasteiger partial charge in [0.1, 0.15) is 16.5 Å². The number of rotatable bonds is 2. The van der Waals surface area contributed by atoms with E-state index in [1.807, 2.05) is 30.5 Å². The third kappa shape index (κ3) is 2.25. The molecule has 0 spiro atoms. The second-order valence-corrected chi connectivity index (χ2v) is 5.38. The lowest BCUT2D eigenvalue weighted by Crippen LogP contribution is -1.95. The van der Waals surface area contributed by atoms with Gasteiger partial charge in [-0.1, -0.05) is 35.9 Å². The first-order valence-electron chi connectivity index (χ1n) is 5.96. The van der Waals surface area contributed by atoms with E-state index in [0.717, 1.165) is 10.5 Å². The summed E-state index contributed by atoms with van der Waals surface area (Å²) in [4.78, 5) is 9.65. The molecule has 0 saturated heterocycles. The molecule has 0 fully saturated rings. The Kier molecular flexibility index (Phi) is 3.59. The van der Waals surface area contributed by atoms with E-state index in [0.29, 0.717) is 11.2 Å². The lowest BCUT2D eigenvalue weighted by atomic mass is 10.2. The average Bonchev–Trinajstić information content (AvgIpc) is 2.48. The smallest absolute Gasteiger partial charge is 0.162 e. The van der Waals surface area contributed by atoms with Gasteiger partial charge in [0.05, 0.1) is 0 Å². The first-order valence-corrected chi connectivity index (χ1v) is 7.56. The molecule has 5 heteroatoms. The quantitative estimate of drug-likeness (QED) is 0.502. The molecular formula is C15H10ClFN2S.